The maximum absolute atomic E-state index is 11.5. The summed E-state index contributed by atoms with van der Waals surface area (Å²) in [6.45, 7) is 0. The van der Waals surface area contributed by atoms with Crippen LogP contribution < -0.4 is 0 Å². The van der Waals surface area contributed by atoms with Crippen LogP contribution in [0.3, 0.4) is 0 Å². The largest absolute Gasteiger partial charge is 0.272 e. The van der Waals surface area contributed by atoms with Gasteiger partial charge in [-0.25, -0.2) is 0 Å². The molecule has 7 heteroatoms. The summed E-state index contributed by atoms with van der Waals surface area (Å²) in [5, 5.41) is 5.38. The first-order valence-corrected chi connectivity index (χ1v) is 6.88. The van der Waals surface area contributed by atoms with Gasteiger partial charge in [-0.1, -0.05) is 36.1 Å². The number of carbonyl (C=O) groups is 1. The molecule has 1 saturated heterocycles. The highest BCUT2D eigenvalue weighted by Crippen LogP contribution is 2.20. The molecule has 0 radical (unpaired) electrons. The molecule has 0 spiro atoms. The molecule has 1 aliphatic heterocycles. The van der Waals surface area contributed by atoms with Gasteiger partial charge >= 0.3 is 0 Å². The summed E-state index contributed by atoms with van der Waals surface area (Å²) in [4.78, 5) is 20.0. The predicted molar refractivity (Wildman–Crippen MR) is 79.0 cm³/mol. The standard InChI is InChI=1S/C12H8N4OS2/c17-10-7-19-12(18)16(10)15-6-8-2-1-3-9-11(8)14-5-4-13-9/h1-6H,7H2. The first-order chi connectivity index (χ1) is 9.25. The summed E-state index contributed by atoms with van der Waals surface area (Å²) in [6.07, 6.45) is 4.85. The maximum Gasteiger partial charge on any atom is 0.259 e. The van der Waals surface area contributed by atoms with E-state index in [1.54, 1.807) is 18.6 Å². The number of hydrogen-bond acceptors (Lipinski definition) is 6. The normalized spacial score (nSPS) is 15.9. The fourth-order valence-corrected chi connectivity index (χ4v) is 2.66. The molecule has 2 heterocycles. The van der Waals surface area contributed by atoms with Crippen LogP contribution >= 0.6 is 24.0 Å². The third-order valence-electron chi connectivity index (χ3n) is 2.57. The van der Waals surface area contributed by atoms with Gasteiger partial charge in [-0.3, -0.25) is 14.8 Å². The van der Waals surface area contributed by atoms with Gasteiger partial charge in [-0.05, 0) is 6.07 Å². The van der Waals surface area contributed by atoms with Crippen LogP contribution in [0.2, 0.25) is 0 Å². The van der Waals surface area contributed by atoms with E-state index >= 15 is 0 Å². The van der Waals surface area contributed by atoms with E-state index in [-0.39, 0.29) is 5.91 Å². The third-order valence-corrected chi connectivity index (χ3v) is 3.91. The minimum absolute atomic E-state index is 0.0995. The van der Waals surface area contributed by atoms with E-state index in [1.807, 2.05) is 18.2 Å². The number of benzene rings is 1. The van der Waals surface area contributed by atoms with Crippen LogP contribution in [-0.4, -0.2) is 37.2 Å². The molecule has 19 heavy (non-hydrogen) atoms. The van der Waals surface area contributed by atoms with Crippen molar-refractivity contribution in [2.75, 3.05) is 5.75 Å². The van der Waals surface area contributed by atoms with Gasteiger partial charge in [0.2, 0.25) is 0 Å². The lowest BCUT2D eigenvalue weighted by Gasteiger charge is -2.06. The second-order valence-corrected chi connectivity index (χ2v) is 5.39. The third kappa shape index (κ3) is 2.34. The second-order valence-electron chi connectivity index (χ2n) is 3.78. The molecule has 1 amide bonds. The molecule has 0 unspecified atom stereocenters. The summed E-state index contributed by atoms with van der Waals surface area (Å²) in [6, 6.07) is 5.62. The van der Waals surface area contributed by atoms with Crippen LogP contribution in [0.4, 0.5) is 0 Å². The van der Waals surface area contributed by atoms with Crippen molar-refractivity contribution in [3.05, 3.63) is 36.2 Å². The Morgan fingerprint density at radius 2 is 2.21 bits per heavy atom. The number of aromatic nitrogens is 2. The van der Waals surface area contributed by atoms with Crippen LogP contribution in [-0.2, 0) is 4.79 Å². The Kier molecular flexibility index (Phi) is 3.22. The molecular formula is C12H8N4OS2. The molecule has 1 fully saturated rings. The SMILES string of the molecule is O=C1CSC(=S)N1N=Cc1cccc2nccnc12. The molecule has 0 bridgehead atoms. The van der Waals surface area contributed by atoms with Crippen LogP contribution in [0.15, 0.2) is 35.7 Å². The van der Waals surface area contributed by atoms with E-state index in [4.69, 9.17) is 12.2 Å². The first-order valence-electron chi connectivity index (χ1n) is 5.49. The number of hydrazone groups is 1. The Bertz CT molecular complexity index is 680. The number of thiocarbonyl (C=S) groups is 1. The number of rotatable bonds is 2. The molecule has 0 atom stereocenters. The topological polar surface area (TPSA) is 58.5 Å². The van der Waals surface area contributed by atoms with E-state index in [9.17, 15) is 4.79 Å². The smallest absolute Gasteiger partial charge is 0.259 e. The molecular weight excluding hydrogens is 280 g/mol. The fourth-order valence-electron chi connectivity index (χ4n) is 1.70. The van der Waals surface area contributed by atoms with Gasteiger partial charge in [-0.2, -0.15) is 10.1 Å². The summed E-state index contributed by atoms with van der Waals surface area (Å²) in [7, 11) is 0. The van der Waals surface area contributed by atoms with Crippen molar-refractivity contribution >= 4 is 51.5 Å². The van der Waals surface area contributed by atoms with Gasteiger partial charge in [0, 0.05) is 18.0 Å². The molecule has 5 nitrogen and oxygen atoms in total. The minimum atomic E-state index is -0.0995. The van der Waals surface area contributed by atoms with Gasteiger partial charge in [0.25, 0.3) is 5.91 Å². The molecule has 0 saturated carbocycles. The average Bonchev–Trinajstić information content (AvgIpc) is 2.76. The monoisotopic (exact) mass is 288 g/mol. The predicted octanol–water partition coefficient (Wildman–Crippen LogP) is 1.82. The quantitative estimate of drug-likeness (QED) is 0.623. The number of fused-ring (bicyclic) bond motifs is 1. The first kappa shape index (κ1) is 12.2. The maximum atomic E-state index is 11.5. The lowest BCUT2D eigenvalue weighted by Crippen LogP contribution is -2.22. The van der Waals surface area contributed by atoms with Crippen LogP contribution in [0.1, 0.15) is 5.56 Å². The van der Waals surface area contributed by atoms with Crippen LogP contribution in [0.5, 0.6) is 0 Å². The van der Waals surface area contributed by atoms with Crippen molar-refractivity contribution in [1.82, 2.24) is 15.0 Å². The van der Waals surface area contributed by atoms with Crippen LogP contribution in [0.25, 0.3) is 11.0 Å². The van der Waals surface area contributed by atoms with Gasteiger partial charge in [0.15, 0.2) is 4.32 Å². The molecule has 94 valence electrons. The average molecular weight is 288 g/mol. The number of para-hydroxylation sites is 1. The molecule has 1 aromatic heterocycles. The van der Waals surface area contributed by atoms with Gasteiger partial charge in [-0.15, -0.1) is 0 Å². The van der Waals surface area contributed by atoms with Crippen molar-refractivity contribution < 1.29 is 4.79 Å². The van der Waals surface area contributed by atoms with Gasteiger partial charge < -0.3 is 0 Å². The molecule has 2 aromatic rings. The van der Waals surface area contributed by atoms with Crippen molar-refractivity contribution in [2.24, 2.45) is 5.10 Å². The van der Waals surface area contributed by atoms with Crippen molar-refractivity contribution in [2.45, 2.75) is 0 Å². The Morgan fingerprint density at radius 1 is 1.37 bits per heavy atom. The zero-order valence-corrected chi connectivity index (χ0v) is 11.3. The zero-order valence-electron chi connectivity index (χ0n) is 9.68. The van der Waals surface area contributed by atoms with Gasteiger partial charge in [0.05, 0.1) is 23.0 Å². The zero-order chi connectivity index (χ0) is 13.2. The minimum Gasteiger partial charge on any atom is -0.272 e. The van der Waals surface area contributed by atoms with Crippen molar-refractivity contribution in [3.63, 3.8) is 0 Å². The van der Waals surface area contributed by atoms with Crippen LogP contribution in [0, 0.1) is 0 Å². The van der Waals surface area contributed by atoms with Gasteiger partial charge in [0.1, 0.15) is 0 Å². The van der Waals surface area contributed by atoms with Crippen molar-refractivity contribution in [1.29, 1.82) is 0 Å². The van der Waals surface area contributed by atoms with E-state index in [1.165, 1.54) is 16.8 Å². The van der Waals surface area contributed by atoms with Crippen molar-refractivity contribution in [3.8, 4) is 0 Å². The number of amides is 1. The second kappa shape index (κ2) is 5.02. The summed E-state index contributed by atoms with van der Waals surface area (Å²) in [5.74, 6) is 0.253. The van der Waals surface area contributed by atoms with E-state index in [2.05, 4.69) is 15.1 Å². The molecule has 3 rings (SSSR count). The highest BCUT2D eigenvalue weighted by Gasteiger charge is 2.25. The number of thioether (sulfide) groups is 1. The Morgan fingerprint density at radius 3 is 3.00 bits per heavy atom. The number of carbonyl (C=O) groups excluding carboxylic acids is 1. The molecule has 1 aliphatic rings. The summed E-state index contributed by atoms with van der Waals surface area (Å²) < 4.78 is 0.479. The number of hydrogen-bond donors (Lipinski definition) is 0. The van der Waals surface area contributed by atoms with E-state index in [0.717, 1.165) is 16.6 Å². The summed E-state index contributed by atoms with van der Waals surface area (Å²) >= 11 is 6.37. The fraction of sp³-hybridized carbons (Fsp3) is 0.0833. The molecule has 0 N–H and O–H groups in total. The lowest BCUT2D eigenvalue weighted by atomic mass is 10.2. The molecule has 0 aliphatic carbocycles. The Labute approximate surface area is 118 Å². The Balaban J connectivity index is 1.97. The highest BCUT2D eigenvalue weighted by atomic mass is 32.2. The molecule has 1 aromatic carbocycles. The van der Waals surface area contributed by atoms with E-state index < -0.39 is 0 Å². The number of nitrogens with zero attached hydrogens (tertiary/aromatic N) is 4. The lowest BCUT2D eigenvalue weighted by molar-refractivity contribution is -0.123. The highest BCUT2D eigenvalue weighted by molar-refractivity contribution is 8.23. The Hall–Kier alpha value is -1.86. The van der Waals surface area contributed by atoms with E-state index in [0.29, 0.717) is 10.1 Å². The summed E-state index contributed by atoms with van der Waals surface area (Å²) in [5.41, 5.74) is 2.34.